The van der Waals surface area contributed by atoms with E-state index in [2.05, 4.69) is 11.0 Å². The van der Waals surface area contributed by atoms with Crippen LogP contribution in [0.25, 0.3) is 0 Å². The van der Waals surface area contributed by atoms with Crippen molar-refractivity contribution >= 4 is 15.5 Å². The van der Waals surface area contributed by atoms with Gasteiger partial charge >= 0.3 is 0 Å². The fourth-order valence-electron chi connectivity index (χ4n) is 2.54. The minimum Gasteiger partial charge on any atom is -0.399 e. The van der Waals surface area contributed by atoms with Crippen molar-refractivity contribution in [1.82, 2.24) is 4.90 Å². The first-order valence-electron chi connectivity index (χ1n) is 6.13. The van der Waals surface area contributed by atoms with Crippen molar-refractivity contribution in [1.29, 1.82) is 0 Å². The van der Waals surface area contributed by atoms with Crippen LogP contribution in [0.15, 0.2) is 18.2 Å². The molecule has 1 unspecified atom stereocenters. The lowest BCUT2D eigenvalue weighted by atomic mass is 10.1. The van der Waals surface area contributed by atoms with Crippen molar-refractivity contribution in [2.45, 2.75) is 18.9 Å². The summed E-state index contributed by atoms with van der Waals surface area (Å²) in [6, 6.07) is 6.34. The van der Waals surface area contributed by atoms with Gasteiger partial charge in [0, 0.05) is 24.5 Å². The number of benzene rings is 1. The Balaban J connectivity index is 2.09. The number of fused-ring (bicyclic) bond motifs is 1. The van der Waals surface area contributed by atoms with Gasteiger partial charge in [-0.25, -0.2) is 8.42 Å². The van der Waals surface area contributed by atoms with Gasteiger partial charge in [0.25, 0.3) is 0 Å². The predicted molar refractivity (Wildman–Crippen MR) is 74.3 cm³/mol. The fourth-order valence-corrected chi connectivity index (χ4v) is 3.16. The molecule has 1 aromatic rings. The summed E-state index contributed by atoms with van der Waals surface area (Å²) in [6.07, 6.45) is 3.34. The Morgan fingerprint density at radius 3 is 2.83 bits per heavy atom. The molecule has 0 radical (unpaired) electrons. The van der Waals surface area contributed by atoms with Crippen LogP contribution in [0.3, 0.4) is 0 Å². The van der Waals surface area contributed by atoms with E-state index in [0.717, 1.165) is 18.5 Å². The Morgan fingerprint density at radius 1 is 1.44 bits per heavy atom. The first-order chi connectivity index (χ1) is 8.37. The SMILES string of the molecule is CN(CCS(C)(=O)=O)C1CCc2cc(N)ccc21. The number of hydrogen-bond donors (Lipinski definition) is 1. The van der Waals surface area contributed by atoms with E-state index in [1.54, 1.807) is 0 Å². The Bertz CT molecular complexity index is 540. The highest BCUT2D eigenvalue weighted by atomic mass is 32.2. The molecule has 1 aliphatic rings. The highest BCUT2D eigenvalue weighted by Crippen LogP contribution is 2.35. The van der Waals surface area contributed by atoms with E-state index < -0.39 is 9.84 Å². The van der Waals surface area contributed by atoms with Crippen LogP contribution < -0.4 is 5.73 Å². The maximum atomic E-state index is 11.2. The molecule has 0 aliphatic heterocycles. The van der Waals surface area contributed by atoms with Gasteiger partial charge in [-0.2, -0.15) is 0 Å². The van der Waals surface area contributed by atoms with Crippen LogP contribution >= 0.6 is 0 Å². The summed E-state index contributed by atoms with van der Waals surface area (Å²) in [5, 5.41) is 0. The lowest BCUT2D eigenvalue weighted by Crippen LogP contribution is -2.28. The number of nitrogens with zero attached hydrogens (tertiary/aromatic N) is 1. The zero-order valence-corrected chi connectivity index (χ0v) is 11.7. The van der Waals surface area contributed by atoms with E-state index in [-0.39, 0.29) is 5.75 Å². The number of nitrogen functional groups attached to an aromatic ring is 1. The third kappa shape index (κ3) is 3.03. The Hall–Kier alpha value is -1.07. The fraction of sp³-hybridized carbons (Fsp3) is 0.538. The Kier molecular flexibility index (Phi) is 3.64. The van der Waals surface area contributed by atoms with Crippen molar-refractivity contribution in [2.75, 3.05) is 31.3 Å². The molecule has 0 spiro atoms. The van der Waals surface area contributed by atoms with E-state index in [1.165, 1.54) is 17.4 Å². The molecule has 2 N–H and O–H groups in total. The molecule has 0 saturated carbocycles. The first kappa shape index (κ1) is 13.4. The van der Waals surface area contributed by atoms with Gasteiger partial charge in [0.2, 0.25) is 0 Å². The number of nitrogens with two attached hydrogens (primary N) is 1. The molecule has 0 bridgehead atoms. The van der Waals surface area contributed by atoms with Crippen LogP contribution in [0.4, 0.5) is 5.69 Å². The number of rotatable bonds is 4. The first-order valence-corrected chi connectivity index (χ1v) is 8.19. The maximum Gasteiger partial charge on any atom is 0.148 e. The lowest BCUT2D eigenvalue weighted by molar-refractivity contribution is 0.258. The average molecular weight is 268 g/mol. The van der Waals surface area contributed by atoms with Gasteiger partial charge in [-0.3, -0.25) is 4.90 Å². The van der Waals surface area contributed by atoms with Crippen LogP contribution in [0, 0.1) is 0 Å². The van der Waals surface area contributed by atoms with Gasteiger partial charge in [-0.1, -0.05) is 6.07 Å². The van der Waals surface area contributed by atoms with Gasteiger partial charge in [0.05, 0.1) is 5.75 Å². The van der Waals surface area contributed by atoms with Gasteiger partial charge in [0.1, 0.15) is 9.84 Å². The van der Waals surface area contributed by atoms with Crippen molar-refractivity contribution in [2.24, 2.45) is 0 Å². The average Bonchev–Trinajstić information content (AvgIpc) is 2.67. The summed E-state index contributed by atoms with van der Waals surface area (Å²) in [5.74, 6) is 0.213. The highest BCUT2D eigenvalue weighted by molar-refractivity contribution is 7.90. The van der Waals surface area contributed by atoms with Crippen LogP contribution in [0.1, 0.15) is 23.6 Å². The molecule has 0 aromatic heterocycles. The molecule has 4 nitrogen and oxygen atoms in total. The zero-order valence-electron chi connectivity index (χ0n) is 10.9. The summed E-state index contributed by atoms with van der Waals surface area (Å²) in [5.41, 5.74) is 9.16. The third-order valence-corrected chi connectivity index (χ3v) is 4.48. The molecule has 0 saturated heterocycles. The van der Waals surface area contributed by atoms with Gasteiger partial charge in [-0.05, 0) is 43.1 Å². The molecule has 1 aliphatic carbocycles. The minimum atomic E-state index is -2.89. The summed E-state index contributed by atoms with van der Waals surface area (Å²) < 4.78 is 22.4. The third-order valence-electron chi connectivity index (χ3n) is 3.56. The van der Waals surface area contributed by atoms with E-state index in [9.17, 15) is 8.42 Å². The molecular weight excluding hydrogens is 248 g/mol. The normalized spacial score (nSPS) is 19.2. The minimum absolute atomic E-state index is 0.213. The predicted octanol–water partition coefficient (Wildman–Crippen LogP) is 1.23. The molecular formula is C13H20N2O2S. The molecule has 1 aromatic carbocycles. The van der Waals surface area contributed by atoms with Crippen LogP contribution in [0.5, 0.6) is 0 Å². The largest absolute Gasteiger partial charge is 0.399 e. The number of sulfone groups is 1. The quantitative estimate of drug-likeness (QED) is 0.834. The topological polar surface area (TPSA) is 63.4 Å². The van der Waals surface area contributed by atoms with E-state index in [1.807, 2.05) is 19.2 Å². The Morgan fingerprint density at radius 2 is 2.17 bits per heavy atom. The van der Waals surface area contributed by atoms with Gasteiger partial charge in [0.15, 0.2) is 0 Å². The van der Waals surface area contributed by atoms with Crippen LogP contribution in [-0.2, 0) is 16.3 Å². The Labute approximate surface area is 109 Å². The van der Waals surface area contributed by atoms with Crippen molar-refractivity contribution in [3.63, 3.8) is 0 Å². The van der Waals surface area contributed by atoms with Gasteiger partial charge in [-0.15, -0.1) is 0 Å². The molecule has 2 rings (SSSR count). The molecule has 5 heteroatoms. The molecule has 0 heterocycles. The second-order valence-electron chi connectivity index (χ2n) is 5.12. The molecule has 0 fully saturated rings. The molecule has 100 valence electrons. The second kappa shape index (κ2) is 4.90. The molecule has 18 heavy (non-hydrogen) atoms. The highest BCUT2D eigenvalue weighted by Gasteiger charge is 2.26. The number of anilines is 1. The second-order valence-corrected chi connectivity index (χ2v) is 7.38. The van der Waals surface area contributed by atoms with Crippen LogP contribution in [-0.4, -0.2) is 38.9 Å². The zero-order chi connectivity index (χ0) is 13.3. The molecule has 1 atom stereocenters. The van der Waals surface area contributed by atoms with Crippen molar-refractivity contribution < 1.29 is 8.42 Å². The summed E-state index contributed by atoms with van der Waals surface area (Å²) in [6.45, 7) is 0.577. The summed E-state index contributed by atoms with van der Waals surface area (Å²) in [4.78, 5) is 2.13. The van der Waals surface area contributed by atoms with Gasteiger partial charge < -0.3 is 5.73 Å². The summed E-state index contributed by atoms with van der Waals surface area (Å²) >= 11 is 0. The van der Waals surface area contributed by atoms with Crippen molar-refractivity contribution in [3.8, 4) is 0 Å². The maximum absolute atomic E-state index is 11.2. The smallest absolute Gasteiger partial charge is 0.148 e. The standard InChI is InChI=1S/C13H20N2O2S/c1-15(7-8-18(2,16)17)13-6-3-10-9-11(14)4-5-12(10)13/h4-5,9,13H,3,6-8,14H2,1-2H3. The van der Waals surface area contributed by atoms with E-state index in [4.69, 9.17) is 5.73 Å². The monoisotopic (exact) mass is 268 g/mol. The van der Waals surface area contributed by atoms with E-state index in [0.29, 0.717) is 12.6 Å². The number of aryl methyl sites for hydroxylation is 1. The summed E-state index contributed by atoms with van der Waals surface area (Å²) in [7, 11) is -0.907. The molecule has 0 amide bonds. The van der Waals surface area contributed by atoms with Crippen LogP contribution in [0.2, 0.25) is 0 Å². The number of hydrogen-bond acceptors (Lipinski definition) is 4. The van der Waals surface area contributed by atoms with Crippen molar-refractivity contribution in [3.05, 3.63) is 29.3 Å². The van der Waals surface area contributed by atoms with E-state index >= 15 is 0 Å². The lowest BCUT2D eigenvalue weighted by Gasteiger charge is -2.24.